The summed E-state index contributed by atoms with van der Waals surface area (Å²) in [6.07, 6.45) is 0. The van der Waals surface area contributed by atoms with Crippen LogP contribution >= 0.6 is 0 Å². The Morgan fingerprint density at radius 1 is 0.449 bits per heavy atom. The second-order valence-electron chi connectivity index (χ2n) is 11.4. The van der Waals surface area contributed by atoms with E-state index in [1.807, 2.05) is 170 Å². The third-order valence-corrected chi connectivity index (χ3v) is 8.28. The molecule has 0 aliphatic heterocycles. The molecule has 0 amide bonds. The molecule has 49 heavy (non-hydrogen) atoms. The predicted octanol–water partition coefficient (Wildman–Crippen LogP) is 11.4. The highest BCUT2D eigenvalue weighted by atomic mass is 16.5. The summed E-state index contributed by atoms with van der Waals surface area (Å²) in [6, 6.07) is 56.7. The van der Waals surface area contributed by atoms with Gasteiger partial charge in [0.2, 0.25) is 0 Å². The van der Waals surface area contributed by atoms with Crippen LogP contribution in [0.4, 0.5) is 0 Å². The van der Waals surface area contributed by atoms with Gasteiger partial charge in [-0.15, -0.1) is 0 Å². The molecule has 0 aliphatic carbocycles. The molecule has 0 unspecified atom stereocenters. The summed E-state index contributed by atoms with van der Waals surface area (Å²) in [4.78, 5) is 18.5. The first-order chi connectivity index (χ1) is 24.2. The summed E-state index contributed by atoms with van der Waals surface area (Å²) >= 11 is 0. The maximum absolute atomic E-state index is 13.6. The van der Waals surface area contributed by atoms with Crippen molar-refractivity contribution in [2.45, 2.75) is 0 Å². The van der Waals surface area contributed by atoms with Crippen LogP contribution in [-0.4, -0.2) is 4.98 Å². The fourth-order valence-electron chi connectivity index (χ4n) is 5.98. The number of hydrogen-bond donors (Lipinski definition) is 0. The molecule has 8 aromatic rings. The van der Waals surface area contributed by atoms with Gasteiger partial charge in [0.25, 0.3) is 0 Å². The minimum Gasteiger partial charge on any atom is -0.453 e. The smallest absolute Gasteiger partial charge is 0.363 e. The SMILES string of the molecule is O=c1oc2c(-c3ccccc3)c(Oc3ccccc3-c3ccccc3)c(Oc3ccccc3-c3ccccc3)cc2nc1-c1ccccc1. The van der Waals surface area contributed by atoms with Crippen LogP contribution in [0.3, 0.4) is 0 Å². The fraction of sp³-hybridized carbons (Fsp3) is 0. The van der Waals surface area contributed by atoms with Crippen molar-refractivity contribution in [3.05, 3.63) is 186 Å². The lowest BCUT2D eigenvalue weighted by Crippen LogP contribution is -2.07. The van der Waals surface area contributed by atoms with Gasteiger partial charge in [0.1, 0.15) is 17.0 Å². The topological polar surface area (TPSA) is 61.6 Å². The van der Waals surface area contributed by atoms with Gasteiger partial charge in [-0.25, -0.2) is 9.78 Å². The van der Waals surface area contributed by atoms with Crippen LogP contribution in [0, 0.1) is 0 Å². The first-order valence-electron chi connectivity index (χ1n) is 16.0. The second-order valence-corrected chi connectivity index (χ2v) is 11.4. The highest BCUT2D eigenvalue weighted by Gasteiger charge is 2.25. The van der Waals surface area contributed by atoms with Crippen LogP contribution in [0.2, 0.25) is 0 Å². The van der Waals surface area contributed by atoms with E-state index in [0.29, 0.717) is 45.2 Å². The summed E-state index contributed by atoms with van der Waals surface area (Å²) in [5, 5.41) is 0. The lowest BCUT2D eigenvalue weighted by Gasteiger charge is -2.20. The van der Waals surface area contributed by atoms with E-state index < -0.39 is 5.63 Å². The highest BCUT2D eigenvalue weighted by molar-refractivity contribution is 5.97. The van der Waals surface area contributed by atoms with Gasteiger partial charge < -0.3 is 13.9 Å². The Labute approximate surface area is 283 Å². The molecule has 0 radical (unpaired) electrons. The molecule has 0 N–H and O–H groups in total. The molecule has 5 nitrogen and oxygen atoms in total. The van der Waals surface area contributed by atoms with E-state index in [1.165, 1.54) is 0 Å². The molecule has 7 aromatic carbocycles. The minimum atomic E-state index is -0.547. The number of para-hydroxylation sites is 2. The van der Waals surface area contributed by atoms with Gasteiger partial charge in [-0.3, -0.25) is 0 Å². The molecule has 8 rings (SSSR count). The summed E-state index contributed by atoms with van der Waals surface area (Å²) in [5.41, 5.74) is 6.23. The number of fused-ring (bicyclic) bond motifs is 1. The van der Waals surface area contributed by atoms with Gasteiger partial charge in [-0.1, -0.05) is 158 Å². The van der Waals surface area contributed by atoms with Gasteiger partial charge >= 0.3 is 5.63 Å². The molecular weight excluding hydrogens is 606 g/mol. The average molecular weight is 636 g/mol. The maximum Gasteiger partial charge on any atom is 0.363 e. The Morgan fingerprint density at radius 2 is 0.898 bits per heavy atom. The number of ether oxygens (including phenoxy) is 2. The van der Waals surface area contributed by atoms with Crippen molar-refractivity contribution in [2.75, 3.05) is 0 Å². The van der Waals surface area contributed by atoms with Crippen molar-refractivity contribution in [1.82, 2.24) is 4.98 Å². The summed E-state index contributed by atoms with van der Waals surface area (Å²) in [6.45, 7) is 0. The van der Waals surface area contributed by atoms with Crippen molar-refractivity contribution in [3.63, 3.8) is 0 Å². The van der Waals surface area contributed by atoms with Gasteiger partial charge in [0.05, 0.1) is 5.56 Å². The standard InChI is InChI=1S/C44H29NO4/c46-44-41(33-23-11-4-12-24-33)45-36-29-39(47-37-27-15-13-25-34(37)30-17-5-1-6-18-30)43(40(42(36)49-44)32-21-9-3-10-22-32)48-38-28-16-14-26-35(38)31-19-7-2-8-20-31/h1-29H. The zero-order valence-electron chi connectivity index (χ0n) is 26.3. The van der Waals surface area contributed by atoms with E-state index in [1.54, 1.807) is 6.07 Å². The molecule has 0 bridgehead atoms. The van der Waals surface area contributed by atoms with E-state index in [4.69, 9.17) is 18.9 Å². The van der Waals surface area contributed by atoms with Gasteiger partial charge in [-0.05, 0) is 28.8 Å². The molecule has 0 saturated heterocycles. The van der Waals surface area contributed by atoms with E-state index in [0.717, 1.165) is 27.8 Å². The minimum absolute atomic E-state index is 0.214. The summed E-state index contributed by atoms with van der Waals surface area (Å²) in [7, 11) is 0. The molecule has 234 valence electrons. The zero-order valence-corrected chi connectivity index (χ0v) is 26.3. The molecule has 0 aliphatic rings. The number of hydrogen-bond acceptors (Lipinski definition) is 5. The lowest BCUT2D eigenvalue weighted by molar-refractivity contribution is 0.421. The molecule has 5 heteroatoms. The van der Waals surface area contributed by atoms with Crippen LogP contribution < -0.4 is 15.1 Å². The van der Waals surface area contributed by atoms with Crippen molar-refractivity contribution in [1.29, 1.82) is 0 Å². The third-order valence-electron chi connectivity index (χ3n) is 8.28. The predicted molar refractivity (Wildman–Crippen MR) is 195 cm³/mol. The van der Waals surface area contributed by atoms with Crippen molar-refractivity contribution in [2.24, 2.45) is 0 Å². The quantitative estimate of drug-likeness (QED) is 0.166. The van der Waals surface area contributed by atoms with E-state index in [-0.39, 0.29) is 5.69 Å². The molecule has 0 fully saturated rings. The first kappa shape index (κ1) is 29.7. The van der Waals surface area contributed by atoms with Crippen molar-refractivity contribution in [3.8, 4) is 67.6 Å². The van der Waals surface area contributed by atoms with Crippen LogP contribution in [0.5, 0.6) is 23.0 Å². The van der Waals surface area contributed by atoms with Crippen LogP contribution in [0.25, 0.3) is 55.7 Å². The largest absolute Gasteiger partial charge is 0.453 e. The number of rotatable bonds is 8. The van der Waals surface area contributed by atoms with Gasteiger partial charge in [-0.2, -0.15) is 0 Å². The van der Waals surface area contributed by atoms with Crippen LogP contribution in [0.15, 0.2) is 185 Å². The molecule has 1 aromatic heterocycles. The Morgan fingerprint density at radius 3 is 1.45 bits per heavy atom. The molecular formula is C44H29NO4. The van der Waals surface area contributed by atoms with Gasteiger partial charge in [0.15, 0.2) is 22.8 Å². The first-order valence-corrected chi connectivity index (χ1v) is 16.0. The second kappa shape index (κ2) is 13.2. The number of benzene rings is 7. The lowest BCUT2D eigenvalue weighted by atomic mass is 10.0. The normalized spacial score (nSPS) is 10.9. The maximum atomic E-state index is 13.6. The Balaban J connectivity index is 1.41. The Hall–Kier alpha value is -6.72. The van der Waals surface area contributed by atoms with Crippen molar-refractivity contribution >= 4 is 11.1 Å². The monoisotopic (exact) mass is 635 g/mol. The third kappa shape index (κ3) is 5.97. The molecule has 1 heterocycles. The van der Waals surface area contributed by atoms with Crippen LogP contribution in [0.1, 0.15) is 0 Å². The van der Waals surface area contributed by atoms with Crippen molar-refractivity contribution < 1.29 is 13.9 Å². The molecule has 0 saturated carbocycles. The van der Waals surface area contributed by atoms with E-state index in [9.17, 15) is 4.79 Å². The number of aromatic nitrogens is 1. The van der Waals surface area contributed by atoms with Gasteiger partial charge in [0, 0.05) is 22.8 Å². The fourth-order valence-corrected chi connectivity index (χ4v) is 5.98. The summed E-state index contributed by atoms with van der Waals surface area (Å²) in [5.74, 6) is 2.05. The highest BCUT2D eigenvalue weighted by Crippen LogP contribution is 2.49. The molecule has 0 spiro atoms. The number of nitrogens with zero attached hydrogens (tertiary/aromatic N) is 1. The Kier molecular flexibility index (Phi) is 7.98. The van der Waals surface area contributed by atoms with Crippen LogP contribution in [-0.2, 0) is 0 Å². The Bertz CT molecular complexity index is 2440. The van der Waals surface area contributed by atoms with E-state index >= 15 is 0 Å². The molecule has 0 atom stereocenters. The summed E-state index contributed by atoms with van der Waals surface area (Å²) < 4.78 is 20.0. The average Bonchev–Trinajstić information content (AvgIpc) is 3.17. The van der Waals surface area contributed by atoms with E-state index in [2.05, 4.69) is 0 Å². The zero-order chi connectivity index (χ0) is 33.0.